The van der Waals surface area contributed by atoms with Crippen molar-refractivity contribution < 1.29 is 23.8 Å². The summed E-state index contributed by atoms with van der Waals surface area (Å²) < 4.78 is 18.7. The van der Waals surface area contributed by atoms with E-state index >= 15 is 0 Å². The van der Waals surface area contributed by atoms with Crippen LogP contribution < -0.4 is 19.7 Å². The lowest BCUT2D eigenvalue weighted by molar-refractivity contribution is -0.123. The first-order valence-electron chi connectivity index (χ1n) is 13.8. The van der Waals surface area contributed by atoms with Crippen LogP contribution in [0.4, 0.5) is 5.82 Å². The Hall–Kier alpha value is -3.21. The zero-order valence-electron chi connectivity index (χ0n) is 23.3. The largest absolute Gasteiger partial charge is 0.454 e. The molecule has 3 aliphatic heterocycles. The number of fused-ring (bicyclic) bond motifs is 2. The predicted octanol–water partition coefficient (Wildman–Crippen LogP) is 5.02. The van der Waals surface area contributed by atoms with Gasteiger partial charge in [-0.3, -0.25) is 14.5 Å². The molecule has 0 saturated carbocycles. The molecule has 0 unspecified atom stereocenters. The van der Waals surface area contributed by atoms with Crippen LogP contribution in [0.25, 0.3) is 5.69 Å². The van der Waals surface area contributed by atoms with Gasteiger partial charge in [0, 0.05) is 29.2 Å². The maximum absolute atomic E-state index is 13.8. The number of thioether (sulfide) groups is 1. The molecule has 9 nitrogen and oxygen atoms in total. The van der Waals surface area contributed by atoms with Gasteiger partial charge in [-0.05, 0) is 48.7 Å². The summed E-state index contributed by atoms with van der Waals surface area (Å²) >= 11 is 7.93. The maximum Gasteiger partial charge on any atom is 0.240 e. The van der Waals surface area contributed by atoms with E-state index in [0.717, 1.165) is 29.7 Å². The van der Waals surface area contributed by atoms with Crippen molar-refractivity contribution in [3.05, 3.63) is 64.3 Å². The van der Waals surface area contributed by atoms with Gasteiger partial charge in [-0.2, -0.15) is 5.10 Å². The highest BCUT2D eigenvalue weighted by atomic mass is 35.5. The van der Waals surface area contributed by atoms with Gasteiger partial charge < -0.3 is 19.5 Å². The van der Waals surface area contributed by atoms with Gasteiger partial charge in [-0.1, -0.05) is 44.5 Å². The second kappa shape index (κ2) is 11.2. The summed E-state index contributed by atoms with van der Waals surface area (Å²) in [5.41, 5.74) is 3.03. The minimum atomic E-state index is -0.371. The number of anilines is 1. The Bertz CT molecular complexity index is 1480. The molecule has 11 heteroatoms. The molecule has 41 heavy (non-hydrogen) atoms. The summed E-state index contributed by atoms with van der Waals surface area (Å²) in [4.78, 5) is 28.7. The van der Waals surface area contributed by atoms with Gasteiger partial charge in [-0.25, -0.2) is 4.68 Å². The molecule has 2 atom stereocenters. The quantitative estimate of drug-likeness (QED) is 0.427. The highest BCUT2D eigenvalue weighted by molar-refractivity contribution is 8.00. The third kappa shape index (κ3) is 5.65. The first kappa shape index (κ1) is 27.9. The Morgan fingerprint density at radius 2 is 2.00 bits per heavy atom. The average Bonchev–Trinajstić information content (AvgIpc) is 3.69. The molecule has 0 radical (unpaired) electrons. The van der Waals surface area contributed by atoms with E-state index in [0.29, 0.717) is 41.2 Å². The smallest absolute Gasteiger partial charge is 0.240 e. The summed E-state index contributed by atoms with van der Waals surface area (Å²) in [6.07, 6.45) is 1.91. The van der Waals surface area contributed by atoms with Gasteiger partial charge in [-0.15, -0.1) is 11.8 Å². The van der Waals surface area contributed by atoms with E-state index in [1.54, 1.807) is 15.6 Å². The summed E-state index contributed by atoms with van der Waals surface area (Å²) in [5.74, 6) is 1.70. The van der Waals surface area contributed by atoms with Crippen LogP contribution in [0.2, 0.25) is 5.02 Å². The number of halogens is 1. The Morgan fingerprint density at radius 1 is 1.17 bits per heavy atom. The lowest BCUT2D eigenvalue weighted by atomic mass is 9.87. The van der Waals surface area contributed by atoms with Crippen molar-refractivity contribution in [1.82, 2.24) is 15.1 Å². The molecule has 0 spiro atoms. The zero-order chi connectivity index (χ0) is 28.7. The van der Waals surface area contributed by atoms with Crippen LogP contribution in [-0.4, -0.2) is 59.9 Å². The first-order valence-corrected chi connectivity index (χ1v) is 15.2. The molecule has 3 aliphatic rings. The highest BCUT2D eigenvalue weighted by Crippen LogP contribution is 2.50. The van der Waals surface area contributed by atoms with Gasteiger partial charge in [0.05, 0.1) is 28.5 Å². The Labute approximate surface area is 248 Å². The minimum Gasteiger partial charge on any atom is -0.454 e. The van der Waals surface area contributed by atoms with Crippen molar-refractivity contribution in [2.75, 3.05) is 37.1 Å². The van der Waals surface area contributed by atoms with Gasteiger partial charge in [0.25, 0.3) is 0 Å². The standard InChI is InChI=1S/C30H33ClN4O5S/c1-30(2,3)28-26-27(18-9-10-22-23(12-18)40-17-39-22)41-16-25(37)34(15-24(36)32-14-21-8-5-11-38-21)29(26)35(33-28)20-7-4-6-19(31)13-20/h4,6-7,9-10,12-13,21,27H,5,8,11,14-17H2,1-3H3,(H,32,36)/t21-,27+/m0/s1. The monoisotopic (exact) mass is 596 g/mol. The Kier molecular flexibility index (Phi) is 7.65. The van der Waals surface area contributed by atoms with Crippen LogP contribution in [0.1, 0.15) is 55.7 Å². The number of carbonyl (C=O) groups excluding carboxylic acids is 2. The number of ether oxygens (including phenoxy) is 3. The van der Waals surface area contributed by atoms with Crippen LogP contribution in [0.15, 0.2) is 42.5 Å². The van der Waals surface area contributed by atoms with Crippen molar-refractivity contribution in [1.29, 1.82) is 0 Å². The van der Waals surface area contributed by atoms with Crippen LogP contribution in [0.3, 0.4) is 0 Å². The number of nitrogens with one attached hydrogen (secondary N) is 1. The topological polar surface area (TPSA) is 94.9 Å². The summed E-state index contributed by atoms with van der Waals surface area (Å²) in [6.45, 7) is 7.47. The number of rotatable bonds is 6. The number of hydrogen-bond donors (Lipinski definition) is 1. The lowest BCUT2D eigenvalue weighted by Crippen LogP contribution is -2.44. The molecule has 1 aromatic heterocycles. The molecule has 1 fully saturated rings. The Morgan fingerprint density at radius 3 is 2.76 bits per heavy atom. The number of carbonyl (C=O) groups is 2. The summed E-state index contributed by atoms with van der Waals surface area (Å²) in [7, 11) is 0. The number of amides is 2. The Balaban J connectivity index is 1.48. The second-order valence-corrected chi connectivity index (χ2v) is 13.0. The summed E-state index contributed by atoms with van der Waals surface area (Å²) in [6, 6.07) is 13.2. The van der Waals surface area contributed by atoms with Gasteiger partial charge in [0.1, 0.15) is 12.4 Å². The number of hydrogen-bond acceptors (Lipinski definition) is 7. The molecule has 1 N–H and O–H groups in total. The fraction of sp³-hybridized carbons (Fsp3) is 0.433. The van der Waals surface area contributed by atoms with Crippen molar-refractivity contribution in [2.24, 2.45) is 0 Å². The normalized spacial score (nSPS) is 20.2. The maximum atomic E-state index is 13.8. The molecule has 0 bridgehead atoms. The number of aromatic nitrogens is 2. The van der Waals surface area contributed by atoms with E-state index in [2.05, 4.69) is 26.1 Å². The van der Waals surface area contributed by atoms with Crippen LogP contribution >= 0.6 is 23.4 Å². The molecule has 216 valence electrons. The highest BCUT2D eigenvalue weighted by Gasteiger charge is 2.40. The van der Waals surface area contributed by atoms with Crippen LogP contribution in [0.5, 0.6) is 11.5 Å². The fourth-order valence-electron chi connectivity index (χ4n) is 5.43. The average molecular weight is 597 g/mol. The third-order valence-electron chi connectivity index (χ3n) is 7.40. The van der Waals surface area contributed by atoms with E-state index in [1.807, 2.05) is 36.4 Å². The van der Waals surface area contributed by atoms with Crippen molar-refractivity contribution in [2.45, 2.75) is 50.4 Å². The fourth-order valence-corrected chi connectivity index (χ4v) is 6.81. The van der Waals surface area contributed by atoms with Gasteiger partial charge in [0.15, 0.2) is 11.5 Å². The minimum absolute atomic E-state index is 0.00442. The number of nitrogens with zero attached hydrogens (tertiary/aromatic N) is 3. The zero-order valence-corrected chi connectivity index (χ0v) is 24.9. The van der Waals surface area contributed by atoms with Crippen molar-refractivity contribution in [3.63, 3.8) is 0 Å². The number of benzene rings is 2. The van der Waals surface area contributed by atoms with Crippen molar-refractivity contribution in [3.8, 4) is 17.2 Å². The van der Waals surface area contributed by atoms with Crippen molar-refractivity contribution >= 4 is 41.0 Å². The van der Waals surface area contributed by atoms with Gasteiger partial charge >= 0.3 is 0 Å². The molecule has 4 heterocycles. The molecule has 1 saturated heterocycles. The lowest BCUT2D eigenvalue weighted by Gasteiger charge is -2.25. The molecule has 0 aliphatic carbocycles. The van der Waals surface area contributed by atoms with E-state index in [1.165, 1.54) is 11.8 Å². The second-order valence-electron chi connectivity index (χ2n) is 11.5. The van der Waals surface area contributed by atoms with E-state index in [-0.39, 0.29) is 47.7 Å². The molecular weight excluding hydrogens is 564 g/mol. The van der Waals surface area contributed by atoms with Crippen LogP contribution in [-0.2, 0) is 19.7 Å². The molecule has 2 amide bonds. The van der Waals surface area contributed by atoms with E-state index < -0.39 is 0 Å². The van der Waals surface area contributed by atoms with E-state index in [4.69, 9.17) is 30.9 Å². The molecule has 2 aromatic carbocycles. The molecule has 6 rings (SSSR count). The molecule has 3 aromatic rings. The summed E-state index contributed by atoms with van der Waals surface area (Å²) in [5, 5.41) is 8.39. The van der Waals surface area contributed by atoms with E-state index in [9.17, 15) is 9.59 Å². The van der Waals surface area contributed by atoms with Crippen LogP contribution in [0, 0.1) is 0 Å². The first-order chi connectivity index (χ1) is 19.7. The third-order valence-corrected chi connectivity index (χ3v) is 8.89. The SMILES string of the molecule is CC(C)(C)c1nn(-c2cccc(Cl)c2)c2c1[C@@H](c1ccc3c(c1)OCO3)SCC(=O)N2CC(=O)NC[C@@H]1CCCO1. The predicted molar refractivity (Wildman–Crippen MR) is 158 cm³/mol. The molecular formula is C30H33ClN4O5S. The van der Waals surface area contributed by atoms with Gasteiger partial charge in [0.2, 0.25) is 18.6 Å².